The molecular weight excluding hydrogens is 293 g/mol. The molecule has 0 aromatic carbocycles. The first-order chi connectivity index (χ1) is 10.1. The summed E-state index contributed by atoms with van der Waals surface area (Å²) in [5.41, 5.74) is -3.62. The number of amides is 1. The number of rotatable bonds is 3. The average Bonchev–Trinajstić information content (AvgIpc) is 2.55. The molecule has 1 aliphatic rings. The van der Waals surface area contributed by atoms with Crippen LogP contribution in [-0.2, 0) is 19.1 Å². The number of halogens is 1. The van der Waals surface area contributed by atoms with E-state index in [-0.39, 0.29) is 26.0 Å². The van der Waals surface area contributed by atoms with Crippen LogP contribution in [0.2, 0.25) is 0 Å². The van der Waals surface area contributed by atoms with Crippen molar-refractivity contribution >= 4 is 17.8 Å². The summed E-state index contributed by atoms with van der Waals surface area (Å²) < 4.78 is 24.7. The Morgan fingerprint density at radius 3 is 2.64 bits per heavy atom. The molecule has 0 radical (unpaired) electrons. The molecule has 0 spiro atoms. The van der Waals surface area contributed by atoms with Gasteiger partial charge in [-0.05, 0) is 27.2 Å². The number of ketones is 1. The fourth-order valence-corrected chi connectivity index (χ4v) is 1.97. The summed E-state index contributed by atoms with van der Waals surface area (Å²) in [6.45, 7) is 7.62. The first-order valence-electron chi connectivity index (χ1n) is 7.08. The zero-order valence-corrected chi connectivity index (χ0v) is 13.2. The highest BCUT2D eigenvalue weighted by molar-refractivity contribution is 6.08. The van der Waals surface area contributed by atoms with Crippen LogP contribution < -0.4 is 0 Å². The number of carbonyl (C=O) groups excluding carboxylic acids is 3. The van der Waals surface area contributed by atoms with E-state index in [0.717, 1.165) is 4.90 Å². The Bertz CT molecular complexity index is 471. The predicted octanol–water partition coefficient (Wildman–Crippen LogP) is 2.02. The highest BCUT2D eigenvalue weighted by atomic mass is 19.1. The zero-order chi connectivity index (χ0) is 17.0. The number of alkyl halides is 1. The molecule has 1 saturated heterocycles. The van der Waals surface area contributed by atoms with Crippen LogP contribution in [0.15, 0.2) is 12.7 Å². The van der Waals surface area contributed by atoms with Gasteiger partial charge in [0.2, 0.25) is 0 Å². The topological polar surface area (TPSA) is 72.9 Å². The Hall–Kier alpha value is -1.92. The lowest BCUT2D eigenvalue weighted by Crippen LogP contribution is -2.52. The van der Waals surface area contributed by atoms with Crippen molar-refractivity contribution in [1.29, 1.82) is 0 Å². The van der Waals surface area contributed by atoms with E-state index < -0.39 is 35.7 Å². The summed E-state index contributed by atoms with van der Waals surface area (Å²) in [5, 5.41) is 0. The van der Waals surface area contributed by atoms with Gasteiger partial charge in [0.25, 0.3) is 5.67 Å². The molecular formula is C15H22FNO5. The van der Waals surface area contributed by atoms with E-state index in [1.165, 1.54) is 6.08 Å². The number of carbonyl (C=O) groups is 3. The second kappa shape index (κ2) is 6.89. The minimum atomic E-state index is -2.86. The van der Waals surface area contributed by atoms with E-state index in [0.29, 0.717) is 0 Å². The van der Waals surface area contributed by atoms with Crippen molar-refractivity contribution in [2.75, 3.05) is 19.7 Å². The number of nitrogens with zero attached hydrogens (tertiary/aromatic N) is 1. The quantitative estimate of drug-likeness (QED) is 0.452. The normalized spacial score (nSPS) is 22.7. The van der Waals surface area contributed by atoms with Crippen molar-refractivity contribution in [3.8, 4) is 0 Å². The molecule has 22 heavy (non-hydrogen) atoms. The van der Waals surface area contributed by atoms with Crippen molar-refractivity contribution in [2.24, 2.45) is 0 Å². The predicted molar refractivity (Wildman–Crippen MR) is 77.0 cm³/mol. The van der Waals surface area contributed by atoms with Gasteiger partial charge in [0, 0.05) is 13.0 Å². The molecule has 6 nitrogen and oxygen atoms in total. The Kier molecular flexibility index (Phi) is 5.68. The summed E-state index contributed by atoms with van der Waals surface area (Å²) >= 11 is 0. The van der Waals surface area contributed by atoms with Crippen molar-refractivity contribution in [2.45, 2.75) is 44.9 Å². The van der Waals surface area contributed by atoms with Gasteiger partial charge in [0.15, 0.2) is 5.78 Å². The maximum atomic E-state index is 14.9. The first-order valence-corrected chi connectivity index (χ1v) is 7.08. The van der Waals surface area contributed by atoms with Crippen LogP contribution >= 0.6 is 0 Å². The number of likely N-dealkylation sites (tertiary alicyclic amines) is 1. The summed E-state index contributed by atoms with van der Waals surface area (Å²) in [6.07, 6.45) is 0.631. The Morgan fingerprint density at radius 2 is 2.09 bits per heavy atom. The van der Waals surface area contributed by atoms with Crippen LogP contribution in [0, 0.1) is 0 Å². The third kappa shape index (κ3) is 4.54. The number of hydrogen-bond donors (Lipinski definition) is 0. The molecule has 124 valence electrons. The smallest absolute Gasteiger partial charge is 0.410 e. The molecule has 0 aliphatic carbocycles. The third-order valence-electron chi connectivity index (χ3n) is 2.99. The van der Waals surface area contributed by atoms with E-state index in [9.17, 15) is 18.8 Å². The van der Waals surface area contributed by atoms with E-state index in [1.54, 1.807) is 20.8 Å². The number of ether oxygens (including phenoxy) is 2. The molecule has 1 fully saturated rings. The summed E-state index contributed by atoms with van der Waals surface area (Å²) in [7, 11) is 0. The van der Waals surface area contributed by atoms with Gasteiger partial charge in [0.1, 0.15) is 12.2 Å². The second-order valence-electron chi connectivity index (χ2n) is 6.12. The lowest BCUT2D eigenvalue weighted by Gasteiger charge is -2.29. The second-order valence-corrected chi connectivity index (χ2v) is 6.12. The van der Waals surface area contributed by atoms with Crippen molar-refractivity contribution < 1.29 is 28.2 Å². The largest absolute Gasteiger partial charge is 0.459 e. The zero-order valence-electron chi connectivity index (χ0n) is 13.2. The monoisotopic (exact) mass is 315 g/mol. The van der Waals surface area contributed by atoms with Gasteiger partial charge in [-0.2, -0.15) is 0 Å². The molecule has 0 aromatic heterocycles. The molecule has 7 heteroatoms. The van der Waals surface area contributed by atoms with Crippen LogP contribution in [0.5, 0.6) is 0 Å². The van der Waals surface area contributed by atoms with Crippen LogP contribution in [0.1, 0.15) is 33.6 Å². The highest BCUT2D eigenvalue weighted by Gasteiger charge is 2.51. The standard InChI is InChI=1S/C15H22FNO5/c1-5-9-21-12(19)15(16)10-17(8-6-7-11(15)18)13(20)22-14(2,3)4/h5H,1,6-10H2,2-4H3. The molecule has 0 aromatic rings. The van der Waals surface area contributed by atoms with Gasteiger partial charge < -0.3 is 14.4 Å². The molecule has 1 heterocycles. The lowest BCUT2D eigenvalue weighted by atomic mass is 9.98. The molecule has 1 rings (SSSR count). The molecule has 0 N–H and O–H groups in total. The maximum absolute atomic E-state index is 14.9. The van der Waals surface area contributed by atoms with Gasteiger partial charge >= 0.3 is 12.1 Å². The summed E-state index contributed by atoms with van der Waals surface area (Å²) in [5.74, 6) is -2.18. The Labute approximate surface area is 129 Å². The van der Waals surface area contributed by atoms with Gasteiger partial charge in [-0.1, -0.05) is 12.7 Å². The highest BCUT2D eigenvalue weighted by Crippen LogP contribution is 2.25. The minimum absolute atomic E-state index is 0.140. The van der Waals surface area contributed by atoms with Crippen LogP contribution in [0.25, 0.3) is 0 Å². The fraction of sp³-hybridized carbons (Fsp3) is 0.667. The molecule has 1 aliphatic heterocycles. The van der Waals surface area contributed by atoms with E-state index in [1.807, 2.05) is 0 Å². The van der Waals surface area contributed by atoms with Crippen molar-refractivity contribution in [1.82, 2.24) is 4.90 Å². The van der Waals surface area contributed by atoms with Crippen molar-refractivity contribution in [3.05, 3.63) is 12.7 Å². The SMILES string of the molecule is C=CCOC(=O)C1(F)CN(C(=O)OC(C)(C)C)CCCC1=O. The summed E-state index contributed by atoms with van der Waals surface area (Å²) in [4.78, 5) is 36.9. The maximum Gasteiger partial charge on any atom is 0.410 e. The molecule has 1 unspecified atom stereocenters. The number of hydrogen-bond acceptors (Lipinski definition) is 5. The summed E-state index contributed by atoms with van der Waals surface area (Å²) in [6, 6.07) is 0. The van der Waals surface area contributed by atoms with E-state index in [4.69, 9.17) is 4.74 Å². The molecule has 0 bridgehead atoms. The average molecular weight is 315 g/mol. The lowest BCUT2D eigenvalue weighted by molar-refractivity contribution is -0.162. The van der Waals surface area contributed by atoms with Gasteiger partial charge in [-0.15, -0.1) is 0 Å². The van der Waals surface area contributed by atoms with Gasteiger partial charge in [-0.25, -0.2) is 14.0 Å². The first kappa shape index (κ1) is 18.1. The van der Waals surface area contributed by atoms with Crippen LogP contribution in [0.4, 0.5) is 9.18 Å². The molecule has 1 amide bonds. The van der Waals surface area contributed by atoms with Crippen molar-refractivity contribution in [3.63, 3.8) is 0 Å². The third-order valence-corrected chi connectivity index (χ3v) is 2.99. The fourth-order valence-electron chi connectivity index (χ4n) is 1.97. The minimum Gasteiger partial charge on any atom is -0.459 e. The Morgan fingerprint density at radius 1 is 1.45 bits per heavy atom. The van der Waals surface area contributed by atoms with E-state index in [2.05, 4.69) is 11.3 Å². The van der Waals surface area contributed by atoms with Crippen LogP contribution in [0.3, 0.4) is 0 Å². The molecule has 0 saturated carbocycles. The van der Waals surface area contributed by atoms with Gasteiger partial charge in [-0.3, -0.25) is 4.79 Å². The van der Waals surface area contributed by atoms with Crippen LogP contribution in [-0.4, -0.2) is 53.7 Å². The number of Topliss-reactive ketones (excluding diaryl/α,β-unsaturated/α-hetero) is 1. The van der Waals surface area contributed by atoms with Gasteiger partial charge in [0.05, 0.1) is 6.54 Å². The van der Waals surface area contributed by atoms with E-state index >= 15 is 0 Å². The Balaban J connectivity index is 2.92. The number of esters is 1. The molecule has 1 atom stereocenters.